The van der Waals surface area contributed by atoms with Crippen LogP contribution in [0.2, 0.25) is 0 Å². The third kappa shape index (κ3) is 3.36. The SMILES string of the molecule is Cc1nn2c(-c3ccc(F)c(F)c3)cc(N3CCC[C@H]3CO)nc2c1-c1ccc(O)cc1. The van der Waals surface area contributed by atoms with Gasteiger partial charge >= 0.3 is 0 Å². The Hall–Kier alpha value is -3.52. The highest BCUT2D eigenvalue weighted by Gasteiger charge is 2.27. The van der Waals surface area contributed by atoms with Crippen molar-refractivity contribution in [1.82, 2.24) is 14.6 Å². The molecule has 2 N–H and O–H groups in total. The number of phenols is 1. The fourth-order valence-corrected chi connectivity index (χ4v) is 4.41. The van der Waals surface area contributed by atoms with Crippen LogP contribution in [0.4, 0.5) is 14.6 Å². The topological polar surface area (TPSA) is 73.9 Å². The number of benzene rings is 2. The molecule has 0 radical (unpaired) electrons. The normalized spacial score (nSPS) is 16.2. The van der Waals surface area contributed by atoms with E-state index in [4.69, 9.17) is 4.98 Å². The van der Waals surface area contributed by atoms with Crippen LogP contribution >= 0.6 is 0 Å². The lowest BCUT2D eigenvalue weighted by atomic mass is 10.1. The summed E-state index contributed by atoms with van der Waals surface area (Å²) >= 11 is 0. The number of anilines is 1. The lowest BCUT2D eigenvalue weighted by Gasteiger charge is -2.25. The summed E-state index contributed by atoms with van der Waals surface area (Å²) in [6, 6.07) is 12.3. The molecule has 1 saturated heterocycles. The van der Waals surface area contributed by atoms with Gasteiger partial charge in [0.1, 0.15) is 11.6 Å². The van der Waals surface area contributed by atoms with E-state index in [1.54, 1.807) is 34.8 Å². The fourth-order valence-electron chi connectivity index (χ4n) is 4.41. The van der Waals surface area contributed by atoms with Crippen LogP contribution in [0, 0.1) is 18.6 Å². The van der Waals surface area contributed by atoms with Gasteiger partial charge in [-0.3, -0.25) is 0 Å². The van der Waals surface area contributed by atoms with Crippen molar-refractivity contribution >= 4 is 11.5 Å². The van der Waals surface area contributed by atoms with Gasteiger partial charge in [-0.25, -0.2) is 18.3 Å². The van der Waals surface area contributed by atoms with E-state index < -0.39 is 11.6 Å². The molecule has 0 aliphatic carbocycles. The van der Waals surface area contributed by atoms with Crippen molar-refractivity contribution in [3.05, 3.63) is 65.9 Å². The van der Waals surface area contributed by atoms with E-state index in [1.165, 1.54) is 6.07 Å². The molecular weight excluding hydrogens is 414 g/mol. The van der Waals surface area contributed by atoms with Gasteiger partial charge in [0, 0.05) is 23.7 Å². The molecule has 2 aromatic heterocycles. The van der Waals surface area contributed by atoms with Crippen LogP contribution in [0.3, 0.4) is 0 Å². The number of hydrogen-bond donors (Lipinski definition) is 2. The van der Waals surface area contributed by atoms with E-state index in [-0.39, 0.29) is 18.4 Å². The first-order valence-corrected chi connectivity index (χ1v) is 10.5. The minimum atomic E-state index is -0.939. The number of halogens is 2. The quantitative estimate of drug-likeness (QED) is 0.499. The van der Waals surface area contributed by atoms with Gasteiger partial charge in [-0.15, -0.1) is 0 Å². The van der Waals surface area contributed by atoms with Crippen molar-refractivity contribution in [3.8, 4) is 28.1 Å². The standard InChI is InChI=1S/C24H22F2N4O2/c1-14-23(15-4-7-18(32)8-5-15)24-27-22(29-10-2-3-17(29)13-31)12-21(30(24)28-14)16-6-9-19(25)20(26)11-16/h4-9,11-12,17,31-32H,2-3,10,13H2,1H3/t17-/m0/s1. The van der Waals surface area contributed by atoms with Crippen LogP contribution in [0.1, 0.15) is 18.5 Å². The summed E-state index contributed by atoms with van der Waals surface area (Å²) in [7, 11) is 0. The van der Waals surface area contributed by atoms with Crippen LogP contribution in [0.5, 0.6) is 5.75 Å². The van der Waals surface area contributed by atoms with Crippen molar-refractivity contribution < 1.29 is 19.0 Å². The average molecular weight is 436 g/mol. The van der Waals surface area contributed by atoms with Crippen molar-refractivity contribution in [1.29, 1.82) is 0 Å². The highest BCUT2D eigenvalue weighted by molar-refractivity contribution is 5.83. The minimum Gasteiger partial charge on any atom is -0.508 e. The van der Waals surface area contributed by atoms with Gasteiger partial charge in [0.2, 0.25) is 0 Å². The van der Waals surface area contributed by atoms with Crippen molar-refractivity contribution in [2.75, 3.05) is 18.1 Å². The Morgan fingerprint density at radius 1 is 1.03 bits per heavy atom. The molecule has 1 aliphatic heterocycles. The number of nitrogens with zero attached hydrogens (tertiary/aromatic N) is 4. The van der Waals surface area contributed by atoms with Crippen LogP contribution in [0.25, 0.3) is 28.0 Å². The predicted molar refractivity (Wildman–Crippen MR) is 118 cm³/mol. The maximum Gasteiger partial charge on any atom is 0.166 e. The van der Waals surface area contributed by atoms with Gasteiger partial charge in [0.25, 0.3) is 0 Å². The van der Waals surface area contributed by atoms with E-state index in [1.807, 2.05) is 11.8 Å². The highest BCUT2D eigenvalue weighted by Crippen LogP contribution is 2.35. The molecule has 0 unspecified atom stereocenters. The van der Waals surface area contributed by atoms with Crippen LogP contribution in [0.15, 0.2) is 48.5 Å². The Balaban J connectivity index is 1.79. The van der Waals surface area contributed by atoms with E-state index in [0.717, 1.165) is 42.6 Å². The van der Waals surface area contributed by atoms with Gasteiger partial charge in [-0.2, -0.15) is 5.10 Å². The minimum absolute atomic E-state index is 0.0104. The van der Waals surface area contributed by atoms with Crippen molar-refractivity contribution in [2.45, 2.75) is 25.8 Å². The molecule has 0 saturated carbocycles. The first-order chi connectivity index (χ1) is 15.5. The molecule has 0 spiro atoms. The number of aromatic nitrogens is 3. The maximum atomic E-state index is 14.1. The van der Waals surface area contributed by atoms with Crippen LogP contribution < -0.4 is 4.90 Å². The molecule has 2 aromatic carbocycles. The Kier molecular flexibility index (Phi) is 5.01. The molecule has 1 aliphatic rings. The first-order valence-electron chi connectivity index (χ1n) is 10.5. The Morgan fingerprint density at radius 2 is 1.78 bits per heavy atom. The van der Waals surface area contributed by atoms with Crippen molar-refractivity contribution in [2.24, 2.45) is 0 Å². The second-order valence-electron chi connectivity index (χ2n) is 8.04. The zero-order valence-electron chi connectivity index (χ0n) is 17.5. The molecule has 1 atom stereocenters. The summed E-state index contributed by atoms with van der Waals surface area (Å²) in [4.78, 5) is 6.93. The fraction of sp³-hybridized carbons (Fsp3) is 0.250. The van der Waals surface area contributed by atoms with Crippen LogP contribution in [-0.4, -0.2) is 44.0 Å². The lowest BCUT2D eigenvalue weighted by molar-refractivity contribution is 0.266. The van der Waals surface area contributed by atoms with Gasteiger partial charge < -0.3 is 15.1 Å². The van der Waals surface area contributed by atoms with E-state index >= 15 is 0 Å². The second kappa shape index (κ2) is 7.87. The van der Waals surface area contributed by atoms with Gasteiger partial charge in [-0.1, -0.05) is 12.1 Å². The third-order valence-electron chi connectivity index (χ3n) is 6.00. The van der Waals surface area contributed by atoms with Crippen molar-refractivity contribution in [3.63, 3.8) is 0 Å². The van der Waals surface area contributed by atoms with Gasteiger partial charge in [0.15, 0.2) is 17.3 Å². The lowest BCUT2D eigenvalue weighted by Crippen LogP contribution is -2.32. The van der Waals surface area contributed by atoms with E-state index in [0.29, 0.717) is 28.4 Å². The average Bonchev–Trinajstić information content (AvgIpc) is 3.39. The number of aryl methyl sites for hydroxylation is 1. The summed E-state index contributed by atoms with van der Waals surface area (Å²) < 4.78 is 29.3. The predicted octanol–water partition coefficient (Wildman–Crippen LogP) is 4.32. The third-order valence-corrected chi connectivity index (χ3v) is 6.00. The maximum absolute atomic E-state index is 14.1. The molecule has 3 heterocycles. The largest absolute Gasteiger partial charge is 0.508 e. The molecule has 5 rings (SSSR count). The summed E-state index contributed by atoms with van der Waals surface area (Å²) in [6.45, 7) is 2.61. The monoisotopic (exact) mass is 436 g/mol. The molecule has 164 valence electrons. The smallest absolute Gasteiger partial charge is 0.166 e. The van der Waals surface area contributed by atoms with Gasteiger partial charge in [0.05, 0.1) is 24.0 Å². The number of aliphatic hydroxyl groups excluding tert-OH is 1. The molecule has 0 bridgehead atoms. The number of hydrogen-bond acceptors (Lipinski definition) is 5. The summed E-state index contributed by atoms with van der Waals surface area (Å²) in [6.07, 6.45) is 1.79. The highest BCUT2D eigenvalue weighted by atomic mass is 19.2. The number of aromatic hydroxyl groups is 1. The zero-order chi connectivity index (χ0) is 22.4. The number of rotatable bonds is 4. The second-order valence-corrected chi connectivity index (χ2v) is 8.04. The van der Waals surface area contributed by atoms with Crippen LogP contribution in [-0.2, 0) is 0 Å². The zero-order valence-corrected chi connectivity index (χ0v) is 17.5. The number of phenolic OH excluding ortho intramolecular Hbond substituents is 1. The Morgan fingerprint density at radius 3 is 2.50 bits per heavy atom. The molecule has 6 nitrogen and oxygen atoms in total. The van der Waals surface area contributed by atoms with E-state index in [2.05, 4.69) is 5.10 Å². The number of fused-ring (bicyclic) bond motifs is 1. The van der Waals surface area contributed by atoms with E-state index in [9.17, 15) is 19.0 Å². The Bertz CT molecular complexity index is 1300. The molecule has 1 fully saturated rings. The molecular formula is C24H22F2N4O2. The van der Waals surface area contributed by atoms with Gasteiger partial charge in [-0.05, 0) is 55.7 Å². The molecule has 32 heavy (non-hydrogen) atoms. The summed E-state index contributed by atoms with van der Waals surface area (Å²) in [5, 5.41) is 24.2. The summed E-state index contributed by atoms with van der Waals surface area (Å²) in [5.41, 5.74) is 3.93. The molecule has 4 aromatic rings. The number of aliphatic hydroxyl groups is 1. The molecule has 8 heteroatoms. The molecule has 0 amide bonds. The summed E-state index contributed by atoms with van der Waals surface area (Å²) in [5.74, 6) is -1.05. The first kappa shape index (κ1) is 20.4. The Labute approximate surface area is 183 Å².